The smallest absolute Gasteiger partial charge is 0.407 e. The lowest BCUT2D eigenvalue weighted by atomic mass is 10.0. The topological polar surface area (TPSA) is 101 Å². The number of benzene rings is 1. The first-order valence-electron chi connectivity index (χ1n) is 8.36. The van der Waals surface area contributed by atoms with Gasteiger partial charge >= 0.3 is 12.1 Å². The molecule has 3 rings (SSSR count). The van der Waals surface area contributed by atoms with E-state index in [1.54, 1.807) is 26.8 Å². The van der Waals surface area contributed by atoms with Crippen molar-refractivity contribution in [2.75, 3.05) is 13.2 Å². The molecule has 1 aromatic carbocycles. The third-order valence-electron chi connectivity index (χ3n) is 4.05. The average Bonchev–Trinajstić information content (AvgIpc) is 3.10. The van der Waals surface area contributed by atoms with E-state index in [9.17, 15) is 14.7 Å². The molecule has 1 aromatic heterocycles. The van der Waals surface area contributed by atoms with Gasteiger partial charge in [-0.25, -0.2) is 9.59 Å². The van der Waals surface area contributed by atoms with Crippen LogP contribution in [0.25, 0.3) is 10.9 Å². The Hall–Kier alpha value is -2.41. The molecular weight excluding hydrogens is 360 g/mol. The zero-order chi connectivity index (χ0) is 19.1. The van der Waals surface area contributed by atoms with Crippen LogP contribution in [0, 0.1) is 0 Å². The molecule has 3 N–H and O–H groups in total. The van der Waals surface area contributed by atoms with Gasteiger partial charge in [0, 0.05) is 29.4 Å². The fourth-order valence-electron chi connectivity index (χ4n) is 3.15. The monoisotopic (exact) mass is 380 g/mol. The Balaban J connectivity index is 1.89. The number of aromatic carboxylic acids is 1. The molecule has 26 heavy (non-hydrogen) atoms. The van der Waals surface area contributed by atoms with Crippen molar-refractivity contribution < 1.29 is 24.2 Å². The van der Waals surface area contributed by atoms with Crippen LogP contribution in [0.15, 0.2) is 6.07 Å². The van der Waals surface area contributed by atoms with Crippen molar-refractivity contribution in [2.45, 2.75) is 39.2 Å². The van der Waals surface area contributed by atoms with Crippen LogP contribution < -0.4 is 10.1 Å². The van der Waals surface area contributed by atoms with Crippen LogP contribution in [-0.4, -0.2) is 40.9 Å². The quantitative estimate of drug-likeness (QED) is 0.753. The van der Waals surface area contributed by atoms with E-state index in [0.29, 0.717) is 41.3 Å². The zero-order valence-electron chi connectivity index (χ0n) is 14.9. The lowest BCUT2D eigenvalue weighted by molar-refractivity contribution is 0.0528. The molecule has 1 aliphatic rings. The van der Waals surface area contributed by atoms with E-state index in [1.807, 2.05) is 0 Å². The molecule has 1 amide bonds. The predicted molar refractivity (Wildman–Crippen MR) is 97.4 cm³/mol. The van der Waals surface area contributed by atoms with Gasteiger partial charge in [-0.3, -0.25) is 0 Å². The number of hydrogen-bond donors (Lipinski definition) is 3. The van der Waals surface area contributed by atoms with Crippen molar-refractivity contribution in [2.24, 2.45) is 0 Å². The Morgan fingerprint density at radius 2 is 2.15 bits per heavy atom. The number of ether oxygens (including phenoxy) is 2. The number of aromatic nitrogens is 1. The van der Waals surface area contributed by atoms with Crippen LogP contribution in [0.3, 0.4) is 0 Å². The minimum absolute atomic E-state index is 0.0994. The Morgan fingerprint density at radius 3 is 2.81 bits per heavy atom. The SMILES string of the molecule is CC(C)(C)OC(=O)NCCc1c(C(=O)O)[nH]c2cc(Cl)c3c(c12)CCO3. The summed E-state index contributed by atoms with van der Waals surface area (Å²) in [6.45, 7) is 6.10. The van der Waals surface area contributed by atoms with E-state index in [0.717, 1.165) is 10.9 Å². The van der Waals surface area contributed by atoms with Crippen molar-refractivity contribution in [3.05, 3.63) is 27.9 Å². The Morgan fingerprint density at radius 1 is 1.42 bits per heavy atom. The lowest BCUT2D eigenvalue weighted by Crippen LogP contribution is -2.33. The van der Waals surface area contributed by atoms with Gasteiger partial charge in [0.15, 0.2) is 0 Å². The van der Waals surface area contributed by atoms with Crippen LogP contribution in [0.4, 0.5) is 4.79 Å². The number of carbonyl (C=O) groups is 2. The Kier molecular flexibility index (Phi) is 4.75. The highest BCUT2D eigenvalue weighted by atomic mass is 35.5. The molecule has 0 spiro atoms. The molecule has 0 radical (unpaired) electrons. The second kappa shape index (κ2) is 6.72. The largest absolute Gasteiger partial charge is 0.491 e. The van der Waals surface area contributed by atoms with Crippen molar-refractivity contribution in [1.29, 1.82) is 0 Å². The van der Waals surface area contributed by atoms with E-state index < -0.39 is 17.7 Å². The summed E-state index contributed by atoms with van der Waals surface area (Å²) in [5.41, 5.74) is 1.70. The van der Waals surface area contributed by atoms with Gasteiger partial charge in [-0.15, -0.1) is 0 Å². The molecule has 0 saturated heterocycles. The second-order valence-corrected chi connectivity index (χ2v) is 7.56. The summed E-state index contributed by atoms with van der Waals surface area (Å²) >= 11 is 6.23. The number of rotatable bonds is 4. The van der Waals surface area contributed by atoms with Crippen molar-refractivity contribution in [3.8, 4) is 5.75 Å². The van der Waals surface area contributed by atoms with Gasteiger partial charge in [0.1, 0.15) is 17.0 Å². The summed E-state index contributed by atoms with van der Waals surface area (Å²) in [6, 6.07) is 1.68. The lowest BCUT2D eigenvalue weighted by Gasteiger charge is -2.19. The number of aromatic amines is 1. The highest BCUT2D eigenvalue weighted by Gasteiger charge is 2.26. The zero-order valence-corrected chi connectivity index (χ0v) is 15.6. The predicted octanol–water partition coefficient (Wildman–Crippen LogP) is 3.52. The number of H-pyrrole nitrogens is 1. The maximum atomic E-state index is 11.8. The Labute approximate surface area is 155 Å². The number of hydrogen-bond acceptors (Lipinski definition) is 4. The van der Waals surface area contributed by atoms with Crippen LogP contribution in [0.2, 0.25) is 5.02 Å². The molecule has 7 nitrogen and oxygen atoms in total. The molecule has 2 aromatic rings. The third-order valence-corrected chi connectivity index (χ3v) is 4.33. The Bertz CT molecular complexity index is 882. The van der Waals surface area contributed by atoms with E-state index in [2.05, 4.69) is 10.3 Å². The minimum atomic E-state index is -1.06. The number of carbonyl (C=O) groups excluding carboxylic acids is 1. The maximum absolute atomic E-state index is 11.8. The number of halogens is 1. The number of carboxylic acids is 1. The van der Waals surface area contributed by atoms with Gasteiger partial charge in [0.25, 0.3) is 0 Å². The fraction of sp³-hybridized carbons (Fsp3) is 0.444. The number of alkyl carbamates (subject to hydrolysis) is 1. The molecule has 2 heterocycles. The molecule has 0 saturated carbocycles. The summed E-state index contributed by atoms with van der Waals surface area (Å²) in [5.74, 6) is -0.450. The molecular formula is C18H21ClN2O5. The molecule has 0 unspecified atom stereocenters. The number of amides is 1. The van der Waals surface area contributed by atoms with Crippen LogP contribution in [0.1, 0.15) is 42.4 Å². The maximum Gasteiger partial charge on any atom is 0.407 e. The molecule has 140 valence electrons. The van der Waals surface area contributed by atoms with Crippen LogP contribution in [-0.2, 0) is 17.6 Å². The first-order chi connectivity index (χ1) is 12.2. The van der Waals surface area contributed by atoms with Crippen molar-refractivity contribution in [3.63, 3.8) is 0 Å². The van der Waals surface area contributed by atoms with Gasteiger partial charge in [0.2, 0.25) is 0 Å². The van der Waals surface area contributed by atoms with E-state index in [4.69, 9.17) is 21.1 Å². The normalized spacial score (nSPS) is 13.4. The number of carboxylic acid groups (broad SMARTS) is 1. The van der Waals surface area contributed by atoms with Gasteiger partial charge < -0.3 is 24.9 Å². The number of fused-ring (bicyclic) bond motifs is 3. The van der Waals surface area contributed by atoms with Gasteiger partial charge in [0.05, 0.1) is 11.6 Å². The van der Waals surface area contributed by atoms with E-state index in [1.165, 1.54) is 0 Å². The molecule has 0 aliphatic carbocycles. The minimum Gasteiger partial charge on any atom is -0.491 e. The highest BCUT2D eigenvalue weighted by molar-refractivity contribution is 6.33. The van der Waals surface area contributed by atoms with Crippen LogP contribution >= 0.6 is 11.6 Å². The fourth-order valence-corrected chi connectivity index (χ4v) is 3.43. The van der Waals surface area contributed by atoms with Crippen molar-refractivity contribution in [1.82, 2.24) is 10.3 Å². The molecule has 0 atom stereocenters. The van der Waals surface area contributed by atoms with Gasteiger partial charge in [-0.05, 0) is 38.8 Å². The van der Waals surface area contributed by atoms with Crippen LogP contribution in [0.5, 0.6) is 5.75 Å². The first kappa shape index (κ1) is 18.4. The van der Waals surface area contributed by atoms with Crippen molar-refractivity contribution >= 4 is 34.6 Å². The summed E-state index contributed by atoms with van der Waals surface area (Å²) in [6.07, 6.45) is 0.468. The average molecular weight is 381 g/mol. The first-order valence-corrected chi connectivity index (χ1v) is 8.74. The number of nitrogens with one attached hydrogen (secondary N) is 2. The van der Waals surface area contributed by atoms with E-state index >= 15 is 0 Å². The standard InChI is InChI=1S/C18H21ClN2O5/c1-18(2,3)26-17(24)20-6-4-9-13-10-5-7-25-15(10)11(19)8-12(13)21-14(9)16(22)23/h8,21H,4-7H2,1-3H3,(H,20,24)(H,22,23). The van der Waals surface area contributed by atoms with Gasteiger partial charge in [-0.2, -0.15) is 0 Å². The third kappa shape index (κ3) is 3.58. The second-order valence-electron chi connectivity index (χ2n) is 7.15. The molecule has 1 aliphatic heterocycles. The van der Waals surface area contributed by atoms with E-state index in [-0.39, 0.29) is 12.2 Å². The highest BCUT2D eigenvalue weighted by Crippen LogP contribution is 2.41. The summed E-state index contributed by atoms with van der Waals surface area (Å²) < 4.78 is 10.8. The summed E-state index contributed by atoms with van der Waals surface area (Å²) in [4.78, 5) is 26.4. The molecule has 8 heteroatoms. The van der Waals surface area contributed by atoms with Gasteiger partial charge in [-0.1, -0.05) is 11.6 Å². The molecule has 0 bridgehead atoms. The molecule has 0 fully saturated rings. The summed E-state index contributed by atoms with van der Waals surface area (Å²) in [7, 11) is 0. The summed E-state index contributed by atoms with van der Waals surface area (Å²) in [5, 5.41) is 13.5.